The number of rotatable bonds is 9. The number of carbonyl (C=O) groups excluding carboxylic acids is 2. The Morgan fingerprint density at radius 2 is 1.76 bits per heavy atom. The zero-order chi connectivity index (χ0) is 21.4. The standard InChI is InChI=1S/C22H31N5O2/c1-6-13-23-22(29)25-19-9-7-18(8-10-19)24-21(28)12-11-20-16(4)26-27(17(20)5)14-15(2)3/h6-10,15H,1,11-14H2,2-5H3,(H,24,28)(H2,23,25,29). The molecule has 2 rings (SSSR count). The fourth-order valence-corrected chi connectivity index (χ4v) is 3.06. The van der Waals surface area contributed by atoms with E-state index in [9.17, 15) is 9.59 Å². The molecule has 7 heteroatoms. The van der Waals surface area contributed by atoms with Crippen LogP contribution in [0.25, 0.3) is 0 Å². The van der Waals surface area contributed by atoms with Crippen LogP contribution in [0.2, 0.25) is 0 Å². The topological polar surface area (TPSA) is 88.1 Å². The summed E-state index contributed by atoms with van der Waals surface area (Å²) >= 11 is 0. The second-order valence-corrected chi connectivity index (χ2v) is 7.47. The molecule has 0 aliphatic carbocycles. The summed E-state index contributed by atoms with van der Waals surface area (Å²) in [5.41, 5.74) is 4.60. The first-order chi connectivity index (χ1) is 13.8. The quantitative estimate of drug-likeness (QED) is 0.558. The molecule has 0 bridgehead atoms. The van der Waals surface area contributed by atoms with Crippen LogP contribution in [0.3, 0.4) is 0 Å². The molecule has 0 unspecified atom stereocenters. The van der Waals surface area contributed by atoms with Crippen LogP contribution < -0.4 is 16.0 Å². The minimum atomic E-state index is -0.301. The molecule has 0 atom stereocenters. The predicted octanol–water partition coefficient (Wildman–Crippen LogP) is 4.03. The van der Waals surface area contributed by atoms with Crippen molar-refractivity contribution in [2.24, 2.45) is 5.92 Å². The van der Waals surface area contributed by atoms with Gasteiger partial charge in [-0.3, -0.25) is 9.48 Å². The van der Waals surface area contributed by atoms with Crippen molar-refractivity contribution in [3.63, 3.8) is 0 Å². The largest absolute Gasteiger partial charge is 0.334 e. The number of nitrogens with one attached hydrogen (secondary N) is 3. The van der Waals surface area contributed by atoms with Gasteiger partial charge in [-0.25, -0.2) is 4.79 Å². The Kier molecular flexibility index (Phi) is 8.00. The molecular formula is C22H31N5O2. The molecule has 3 N–H and O–H groups in total. The zero-order valence-electron chi connectivity index (χ0n) is 17.7. The third-order valence-corrected chi connectivity index (χ3v) is 4.50. The fraction of sp³-hybridized carbons (Fsp3) is 0.409. The van der Waals surface area contributed by atoms with Gasteiger partial charge >= 0.3 is 6.03 Å². The van der Waals surface area contributed by atoms with Gasteiger partial charge in [0.15, 0.2) is 0 Å². The van der Waals surface area contributed by atoms with Gasteiger partial charge in [0, 0.05) is 36.6 Å². The second-order valence-electron chi connectivity index (χ2n) is 7.47. The van der Waals surface area contributed by atoms with Gasteiger partial charge in [0.2, 0.25) is 5.91 Å². The van der Waals surface area contributed by atoms with E-state index < -0.39 is 0 Å². The molecule has 0 radical (unpaired) electrons. The van der Waals surface area contributed by atoms with Gasteiger partial charge in [-0.2, -0.15) is 5.10 Å². The Bertz CT molecular complexity index is 853. The highest BCUT2D eigenvalue weighted by Gasteiger charge is 2.14. The summed E-state index contributed by atoms with van der Waals surface area (Å²) in [6.07, 6.45) is 2.65. The number of aryl methyl sites for hydroxylation is 1. The molecule has 0 saturated heterocycles. The van der Waals surface area contributed by atoms with Crippen LogP contribution in [0, 0.1) is 19.8 Å². The molecule has 0 saturated carbocycles. The van der Waals surface area contributed by atoms with Crippen LogP contribution >= 0.6 is 0 Å². The van der Waals surface area contributed by atoms with Crippen molar-refractivity contribution in [2.45, 2.75) is 47.1 Å². The van der Waals surface area contributed by atoms with Crippen LogP contribution in [-0.4, -0.2) is 28.3 Å². The molecule has 0 aliphatic rings. The van der Waals surface area contributed by atoms with Crippen molar-refractivity contribution in [2.75, 3.05) is 17.2 Å². The van der Waals surface area contributed by atoms with Crippen LogP contribution in [0.5, 0.6) is 0 Å². The first-order valence-electron chi connectivity index (χ1n) is 9.88. The van der Waals surface area contributed by atoms with Gasteiger partial charge in [0.25, 0.3) is 0 Å². The summed E-state index contributed by atoms with van der Waals surface area (Å²) in [7, 11) is 0. The Morgan fingerprint density at radius 1 is 1.14 bits per heavy atom. The second kappa shape index (κ2) is 10.5. The summed E-state index contributed by atoms with van der Waals surface area (Å²) in [6, 6.07) is 6.71. The van der Waals surface area contributed by atoms with Crippen LogP contribution in [0.1, 0.15) is 37.2 Å². The normalized spacial score (nSPS) is 10.7. The van der Waals surface area contributed by atoms with Gasteiger partial charge in [-0.1, -0.05) is 19.9 Å². The molecule has 0 aliphatic heterocycles. The Labute approximate surface area is 172 Å². The van der Waals surface area contributed by atoms with Crippen LogP contribution in [0.15, 0.2) is 36.9 Å². The van der Waals surface area contributed by atoms with Crippen molar-refractivity contribution in [3.8, 4) is 0 Å². The van der Waals surface area contributed by atoms with E-state index in [2.05, 4.69) is 48.4 Å². The van der Waals surface area contributed by atoms with E-state index in [0.717, 1.165) is 23.5 Å². The highest BCUT2D eigenvalue weighted by atomic mass is 16.2. The Hall–Kier alpha value is -3.09. The Morgan fingerprint density at radius 3 is 2.34 bits per heavy atom. The average Bonchev–Trinajstić information content (AvgIpc) is 2.92. The molecule has 1 aromatic carbocycles. The maximum atomic E-state index is 12.3. The number of nitrogens with zero attached hydrogens (tertiary/aromatic N) is 2. The van der Waals surface area contributed by atoms with E-state index in [1.807, 2.05) is 11.6 Å². The first kappa shape index (κ1) is 22.2. The lowest BCUT2D eigenvalue weighted by Crippen LogP contribution is -2.28. The maximum absolute atomic E-state index is 12.3. The highest BCUT2D eigenvalue weighted by molar-refractivity contribution is 5.92. The number of urea groups is 1. The van der Waals surface area contributed by atoms with E-state index >= 15 is 0 Å². The van der Waals surface area contributed by atoms with Crippen LogP contribution in [0.4, 0.5) is 16.2 Å². The fourth-order valence-electron chi connectivity index (χ4n) is 3.06. The number of benzene rings is 1. The highest BCUT2D eigenvalue weighted by Crippen LogP contribution is 2.18. The van der Waals surface area contributed by atoms with E-state index in [1.54, 1.807) is 30.3 Å². The SMILES string of the molecule is C=CCNC(=O)Nc1ccc(NC(=O)CCc2c(C)nn(CC(C)C)c2C)cc1. The Balaban J connectivity index is 1.87. The molecular weight excluding hydrogens is 366 g/mol. The lowest BCUT2D eigenvalue weighted by Gasteiger charge is -2.09. The lowest BCUT2D eigenvalue weighted by molar-refractivity contribution is -0.116. The van der Waals surface area contributed by atoms with Crippen molar-refractivity contribution >= 4 is 23.3 Å². The molecule has 156 valence electrons. The van der Waals surface area contributed by atoms with Crippen LogP contribution in [-0.2, 0) is 17.8 Å². The summed E-state index contributed by atoms with van der Waals surface area (Å²) in [5.74, 6) is 0.472. The summed E-state index contributed by atoms with van der Waals surface area (Å²) in [4.78, 5) is 24.0. The zero-order valence-corrected chi connectivity index (χ0v) is 17.7. The van der Waals surface area contributed by atoms with Gasteiger partial charge < -0.3 is 16.0 Å². The first-order valence-corrected chi connectivity index (χ1v) is 9.88. The molecule has 3 amide bonds. The van der Waals surface area contributed by atoms with Crippen molar-refractivity contribution in [3.05, 3.63) is 53.9 Å². The molecule has 0 fully saturated rings. The smallest absolute Gasteiger partial charge is 0.319 e. The number of hydrogen-bond donors (Lipinski definition) is 3. The lowest BCUT2D eigenvalue weighted by atomic mass is 10.1. The monoisotopic (exact) mass is 397 g/mol. The molecule has 1 heterocycles. The molecule has 1 aromatic heterocycles. The summed E-state index contributed by atoms with van der Waals surface area (Å²) in [5, 5.41) is 12.8. The van der Waals surface area contributed by atoms with E-state index in [-0.39, 0.29) is 11.9 Å². The van der Waals surface area contributed by atoms with Crippen molar-refractivity contribution < 1.29 is 9.59 Å². The number of carbonyl (C=O) groups is 2. The van der Waals surface area contributed by atoms with Crippen molar-refractivity contribution in [1.29, 1.82) is 0 Å². The molecule has 0 spiro atoms. The predicted molar refractivity (Wildman–Crippen MR) is 117 cm³/mol. The van der Waals surface area contributed by atoms with E-state index in [1.165, 1.54) is 0 Å². The van der Waals surface area contributed by atoms with Gasteiger partial charge in [0.1, 0.15) is 0 Å². The number of anilines is 2. The third kappa shape index (κ3) is 6.78. The van der Waals surface area contributed by atoms with Gasteiger partial charge in [-0.15, -0.1) is 6.58 Å². The minimum absolute atomic E-state index is 0.0511. The van der Waals surface area contributed by atoms with Gasteiger partial charge in [0.05, 0.1) is 5.69 Å². The summed E-state index contributed by atoms with van der Waals surface area (Å²) < 4.78 is 2.03. The molecule has 7 nitrogen and oxygen atoms in total. The summed E-state index contributed by atoms with van der Waals surface area (Å²) in [6.45, 7) is 13.2. The van der Waals surface area contributed by atoms with Crippen molar-refractivity contribution in [1.82, 2.24) is 15.1 Å². The number of aromatic nitrogens is 2. The van der Waals surface area contributed by atoms with E-state index in [0.29, 0.717) is 36.7 Å². The average molecular weight is 398 g/mol. The molecule has 2 aromatic rings. The number of hydrogen-bond acceptors (Lipinski definition) is 3. The maximum Gasteiger partial charge on any atom is 0.319 e. The minimum Gasteiger partial charge on any atom is -0.334 e. The molecule has 29 heavy (non-hydrogen) atoms. The third-order valence-electron chi connectivity index (χ3n) is 4.50. The van der Waals surface area contributed by atoms with E-state index in [4.69, 9.17) is 0 Å². The number of amides is 3. The van der Waals surface area contributed by atoms with Gasteiger partial charge in [-0.05, 0) is 56.0 Å².